The molecule has 2 N–H and O–H groups in total. The zero-order chi connectivity index (χ0) is 17.8. The number of aromatic nitrogens is 1. The summed E-state index contributed by atoms with van der Waals surface area (Å²) in [6.07, 6.45) is 5.43. The number of nitrogens with zero attached hydrogens (tertiary/aromatic N) is 2. The van der Waals surface area contributed by atoms with Crippen LogP contribution in [0.4, 0.5) is 16.2 Å². The van der Waals surface area contributed by atoms with Gasteiger partial charge in [-0.15, -0.1) is 0 Å². The summed E-state index contributed by atoms with van der Waals surface area (Å²) in [4.78, 5) is 29.8. The summed E-state index contributed by atoms with van der Waals surface area (Å²) in [7, 11) is 1.78. The van der Waals surface area contributed by atoms with Crippen molar-refractivity contribution in [2.24, 2.45) is 0 Å². The number of fused-ring (bicyclic) bond motifs is 1. The fraction of sp³-hybridized carbons (Fsp3) is 0.316. The van der Waals surface area contributed by atoms with Crippen LogP contribution < -0.4 is 15.5 Å². The van der Waals surface area contributed by atoms with Crippen LogP contribution in [0.1, 0.15) is 36.9 Å². The van der Waals surface area contributed by atoms with Crippen molar-refractivity contribution in [3.05, 3.63) is 53.9 Å². The first-order valence-corrected chi connectivity index (χ1v) is 8.45. The first-order valence-electron chi connectivity index (χ1n) is 8.45. The van der Waals surface area contributed by atoms with E-state index in [0.717, 1.165) is 28.9 Å². The number of rotatable bonds is 4. The maximum Gasteiger partial charge on any atom is 0.319 e. The SMILES string of the molecule is CCC(NC(=O)Nc1ccc2c(c1)CCC(=O)N2C)c1ccncc1. The van der Waals surface area contributed by atoms with Crippen molar-refractivity contribution in [1.82, 2.24) is 10.3 Å². The minimum Gasteiger partial charge on any atom is -0.331 e. The molecule has 0 radical (unpaired) electrons. The largest absolute Gasteiger partial charge is 0.331 e. The molecule has 1 aliphatic rings. The number of nitrogens with one attached hydrogen (secondary N) is 2. The van der Waals surface area contributed by atoms with Crippen molar-refractivity contribution in [2.75, 3.05) is 17.3 Å². The first-order chi connectivity index (χ1) is 12.1. The van der Waals surface area contributed by atoms with Crippen LogP contribution in [-0.4, -0.2) is 24.0 Å². The van der Waals surface area contributed by atoms with Crippen LogP contribution in [0.25, 0.3) is 0 Å². The monoisotopic (exact) mass is 338 g/mol. The maximum atomic E-state index is 12.3. The third-order valence-electron chi connectivity index (χ3n) is 4.50. The standard InChI is InChI=1S/C19H22N4O2/c1-3-16(13-8-10-20-11-9-13)22-19(25)21-15-5-6-17-14(12-15)4-7-18(24)23(17)2/h5-6,8-12,16H,3-4,7H2,1-2H3,(H2,21,22,25). The van der Waals surface area contributed by atoms with E-state index in [1.54, 1.807) is 24.3 Å². The Kier molecular flexibility index (Phi) is 4.97. The maximum absolute atomic E-state index is 12.3. The highest BCUT2D eigenvalue weighted by molar-refractivity contribution is 5.97. The average molecular weight is 338 g/mol. The summed E-state index contributed by atoms with van der Waals surface area (Å²) < 4.78 is 0. The lowest BCUT2D eigenvalue weighted by Crippen LogP contribution is -2.33. The van der Waals surface area contributed by atoms with E-state index in [2.05, 4.69) is 15.6 Å². The van der Waals surface area contributed by atoms with Gasteiger partial charge in [0.15, 0.2) is 0 Å². The quantitative estimate of drug-likeness (QED) is 0.898. The van der Waals surface area contributed by atoms with Crippen molar-refractivity contribution in [3.63, 3.8) is 0 Å². The highest BCUT2D eigenvalue weighted by Gasteiger charge is 2.21. The average Bonchev–Trinajstić information content (AvgIpc) is 2.63. The number of pyridine rings is 1. The molecule has 25 heavy (non-hydrogen) atoms. The van der Waals surface area contributed by atoms with Crippen molar-refractivity contribution < 1.29 is 9.59 Å². The van der Waals surface area contributed by atoms with Gasteiger partial charge in [0.1, 0.15) is 0 Å². The zero-order valence-corrected chi connectivity index (χ0v) is 14.5. The fourth-order valence-corrected chi connectivity index (χ4v) is 3.08. The van der Waals surface area contributed by atoms with E-state index in [9.17, 15) is 9.59 Å². The Morgan fingerprint density at radius 3 is 2.72 bits per heavy atom. The predicted octanol–water partition coefficient (Wildman–Crippen LogP) is 3.26. The summed E-state index contributed by atoms with van der Waals surface area (Å²) in [5.41, 5.74) is 3.73. The summed E-state index contributed by atoms with van der Waals surface area (Å²) in [5, 5.41) is 5.87. The summed E-state index contributed by atoms with van der Waals surface area (Å²) in [5.74, 6) is 0.120. The van der Waals surface area contributed by atoms with Gasteiger partial charge in [0.05, 0.1) is 6.04 Å². The molecule has 1 atom stereocenters. The molecule has 3 rings (SSSR count). The third-order valence-corrected chi connectivity index (χ3v) is 4.50. The van der Waals surface area contributed by atoms with Gasteiger partial charge in [-0.3, -0.25) is 9.78 Å². The number of benzene rings is 1. The highest BCUT2D eigenvalue weighted by Crippen LogP contribution is 2.29. The van der Waals surface area contributed by atoms with Crippen molar-refractivity contribution in [3.8, 4) is 0 Å². The molecular formula is C19H22N4O2. The molecule has 2 heterocycles. The Balaban J connectivity index is 1.68. The number of aryl methyl sites for hydroxylation is 1. The second-order valence-corrected chi connectivity index (χ2v) is 6.14. The molecule has 0 aliphatic carbocycles. The summed E-state index contributed by atoms with van der Waals surface area (Å²) in [6.45, 7) is 2.02. The van der Waals surface area contributed by atoms with E-state index in [4.69, 9.17) is 0 Å². The molecule has 6 heteroatoms. The Morgan fingerprint density at radius 2 is 2.00 bits per heavy atom. The molecule has 2 aromatic rings. The molecule has 1 aliphatic heterocycles. The second-order valence-electron chi connectivity index (χ2n) is 6.14. The first kappa shape index (κ1) is 17.0. The lowest BCUT2D eigenvalue weighted by Gasteiger charge is -2.26. The van der Waals surface area contributed by atoms with Gasteiger partial charge in [0, 0.05) is 37.2 Å². The molecule has 0 bridgehead atoms. The number of carbonyl (C=O) groups excluding carboxylic acids is 2. The number of hydrogen-bond donors (Lipinski definition) is 2. The van der Waals surface area contributed by atoms with Crippen LogP contribution in [0.5, 0.6) is 0 Å². The Bertz CT molecular complexity index is 776. The van der Waals surface area contributed by atoms with Crippen LogP contribution >= 0.6 is 0 Å². The lowest BCUT2D eigenvalue weighted by atomic mass is 10.0. The third kappa shape index (κ3) is 3.79. The van der Waals surface area contributed by atoms with Crippen molar-refractivity contribution >= 4 is 23.3 Å². The van der Waals surface area contributed by atoms with Crippen molar-refractivity contribution in [1.29, 1.82) is 0 Å². The van der Waals surface area contributed by atoms with Gasteiger partial charge in [0.25, 0.3) is 0 Å². The molecule has 0 saturated heterocycles. The van der Waals surface area contributed by atoms with Gasteiger partial charge in [-0.2, -0.15) is 0 Å². The molecule has 0 saturated carbocycles. The van der Waals surface area contributed by atoms with Gasteiger partial charge >= 0.3 is 6.03 Å². The van der Waals surface area contributed by atoms with Gasteiger partial charge in [0.2, 0.25) is 5.91 Å². The Hall–Kier alpha value is -2.89. The Labute approximate surface area is 147 Å². The van der Waals surface area contributed by atoms with Crippen LogP contribution in [0.2, 0.25) is 0 Å². The number of anilines is 2. The van der Waals surface area contributed by atoms with Crippen LogP contribution in [0.15, 0.2) is 42.7 Å². The molecule has 3 amide bonds. The number of carbonyl (C=O) groups is 2. The molecule has 0 fully saturated rings. The zero-order valence-electron chi connectivity index (χ0n) is 14.5. The Morgan fingerprint density at radius 1 is 1.24 bits per heavy atom. The smallest absolute Gasteiger partial charge is 0.319 e. The van der Waals surface area contributed by atoms with E-state index in [1.165, 1.54) is 0 Å². The fourth-order valence-electron chi connectivity index (χ4n) is 3.08. The van der Waals surface area contributed by atoms with E-state index in [1.807, 2.05) is 37.3 Å². The molecule has 0 spiro atoms. The highest BCUT2D eigenvalue weighted by atomic mass is 16.2. The summed E-state index contributed by atoms with van der Waals surface area (Å²) in [6, 6.07) is 9.13. The van der Waals surface area contributed by atoms with Crippen LogP contribution in [0, 0.1) is 0 Å². The van der Waals surface area contributed by atoms with Crippen LogP contribution in [-0.2, 0) is 11.2 Å². The summed E-state index contributed by atoms with van der Waals surface area (Å²) >= 11 is 0. The van der Waals surface area contributed by atoms with E-state index >= 15 is 0 Å². The van der Waals surface area contributed by atoms with Gasteiger partial charge < -0.3 is 15.5 Å². The number of hydrogen-bond acceptors (Lipinski definition) is 3. The topological polar surface area (TPSA) is 74.3 Å². The predicted molar refractivity (Wildman–Crippen MR) is 97.6 cm³/mol. The number of urea groups is 1. The van der Waals surface area contributed by atoms with Gasteiger partial charge in [-0.05, 0) is 54.3 Å². The molecule has 1 aromatic carbocycles. The van der Waals surface area contributed by atoms with Crippen LogP contribution in [0.3, 0.4) is 0 Å². The van der Waals surface area contributed by atoms with E-state index in [0.29, 0.717) is 12.8 Å². The minimum absolute atomic E-state index is 0.0654. The van der Waals surface area contributed by atoms with Crippen molar-refractivity contribution in [2.45, 2.75) is 32.2 Å². The lowest BCUT2D eigenvalue weighted by molar-refractivity contribution is -0.118. The van der Waals surface area contributed by atoms with E-state index in [-0.39, 0.29) is 18.0 Å². The normalized spacial score (nSPS) is 14.6. The molecule has 1 aromatic heterocycles. The molecular weight excluding hydrogens is 316 g/mol. The molecule has 1 unspecified atom stereocenters. The molecule has 130 valence electrons. The molecule has 6 nitrogen and oxygen atoms in total. The van der Waals surface area contributed by atoms with Gasteiger partial charge in [-0.1, -0.05) is 6.92 Å². The van der Waals surface area contributed by atoms with Gasteiger partial charge in [-0.25, -0.2) is 4.79 Å². The number of amides is 3. The second kappa shape index (κ2) is 7.34. The van der Waals surface area contributed by atoms with E-state index < -0.39 is 0 Å². The minimum atomic E-state index is -0.246.